The first kappa shape index (κ1) is 18.8. The number of benzene rings is 2. The molecule has 1 saturated heterocycles. The van der Waals surface area contributed by atoms with E-state index >= 15 is 0 Å². The van der Waals surface area contributed by atoms with Gasteiger partial charge in [-0.2, -0.15) is 0 Å². The summed E-state index contributed by atoms with van der Waals surface area (Å²) >= 11 is 5.36. The van der Waals surface area contributed by atoms with Crippen molar-refractivity contribution in [3.05, 3.63) is 58.1 Å². The van der Waals surface area contributed by atoms with E-state index in [9.17, 15) is 0 Å². The fourth-order valence-electron chi connectivity index (χ4n) is 3.21. The molecule has 0 aromatic heterocycles. The summed E-state index contributed by atoms with van der Waals surface area (Å²) in [6, 6.07) is 15.2. The second-order valence-corrected chi connectivity index (χ2v) is 8.15. The lowest BCUT2D eigenvalue weighted by atomic mass is 10.1. The molecule has 134 valence electrons. The summed E-state index contributed by atoms with van der Waals surface area (Å²) in [6.45, 7) is 6.40. The molecule has 3 nitrogen and oxygen atoms in total. The number of halogens is 1. The Morgan fingerprint density at radius 1 is 0.960 bits per heavy atom. The van der Waals surface area contributed by atoms with Crippen LogP contribution in [0.4, 0.5) is 0 Å². The van der Waals surface area contributed by atoms with Crippen molar-refractivity contribution in [2.75, 3.05) is 39.5 Å². The Morgan fingerprint density at radius 3 is 2.20 bits per heavy atom. The molecule has 0 saturated carbocycles. The third-order valence-electron chi connectivity index (χ3n) is 4.67. The van der Waals surface area contributed by atoms with Gasteiger partial charge in [0.1, 0.15) is 5.75 Å². The molecule has 5 heteroatoms. The number of nitrogens with zero attached hydrogens (tertiary/aromatic N) is 2. The Morgan fingerprint density at radius 2 is 1.60 bits per heavy atom. The van der Waals surface area contributed by atoms with E-state index in [1.54, 1.807) is 18.9 Å². The molecule has 1 fully saturated rings. The Bertz CT molecular complexity index is 685. The maximum absolute atomic E-state index is 5.50. The Balaban J connectivity index is 1.52. The van der Waals surface area contributed by atoms with E-state index < -0.39 is 0 Å². The van der Waals surface area contributed by atoms with Crippen LogP contribution in [0.3, 0.4) is 0 Å². The minimum absolute atomic E-state index is 0.943. The van der Waals surface area contributed by atoms with Gasteiger partial charge in [0, 0.05) is 54.2 Å². The molecule has 2 aromatic carbocycles. The molecule has 0 amide bonds. The molecule has 0 aliphatic carbocycles. The smallest absolute Gasteiger partial charge is 0.123 e. The summed E-state index contributed by atoms with van der Waals surface area (Å²) in [4.78, 5) is 6.39. The maximum Gasteiger partial charge on any atom is 0.123 e. The van der Waals surface area contributed by atoms with Crippen LogP contribution in [0.5, 0.6) is 5.75 Å². The molecule has 0 N–H and O–H groups in total. The monoisotopic (exact) mass is 420 g/mol. The van der Waals surface area contributed by atoms with Crippen molar-refractivity contribution in [3.63, 3.8) is 0 Å². The van der Waals surface area contributed by atoms with Gasteiger partial charge in [0.25, 0.3) is 0 Å². The minimum Gasteiger partial charge on any atom is -0.496 e. The molecule has 0 spiro atoms. The zero-order chi connectivity index (χ0) is 17.6. The standard InChI is InChI=1S/C20H25BrN2OS/c1-24-20-8-5-18(21)13-17(20)15-23-11-9-22(10-12-23)14-16-3-6-19(25-2)7-4-16/h3-8,13H,9-12,14-15H2,1-2H3. The predicted octanol–water partition coefficient (Wildman–Crippen LogP) is 4.50. The average molecular weight is 421 g/mol. The zero-order valence-electron chi connectivity index (χ0n) is 14.9. The SMILES string of the molecule is COc1ccc(Br)cc1CN1CCN(Cc2ccc(SC)cc2)CC1. The van der Waals surface area contributed by atoms with Gasteiger partial charge in [0.15, 0.2) is 0 Å². The number of hydrogen-bond acceptors (Lipinski definition) is 4. The van der Waals surface area contributed by atoms with Gasteiger partial charge >= 0.3 is 0 Å². The molecule has 0 radical (unpaired) electrons. The fourth-order valence-corrected chi connectivity index (χ4v) is 4.02. The fraction of sp³-hybridized carbons (Fsp3) is 0.400. The summed E-state index contributed by atoms with van der Waals surface area (Å²) in [6.07, 6.45) is 2.12. The molecule has 1 aliphatic rings. The van der Waals surface area contributed by atoms with Crippen LogP contribution in [-0.4, -0.2) is 49.3 Å². The van der Waals surface area contributed by atoms with Crippen molar-refractivity contribution in [2.45, 2.75) is 18.0 Å². The van der Waals surface area contributed by atoms with Crippen molar-refractivity contribution in [1.29, 1.82) is 0 Å². The van der Waals surface area contributed by atoms with Crippen LogP contribution in [0.2, 0.25) is 0 Å². The number of methoxy groups -OCH3 is 1. The van der Waals surface area contributed by atoms with Gasteiger partial charge in [0.2, 0.25) is 0 Å². The second-order valence-electron chi connectivity index (χ2n) is 6.36. The molecule has 0 bridgehead atoms. The van der Waals surface area contributed by atoms with Gasteiger partial charge in [0.05, 0.1) is 7.11 Å². The Labute approximate surface area is 163 Å². The lowest BCUT2D eigenvalue weighted by Crippen LogP contribution is -2.45. The van der Waals surface area contributed by atoms with Crippen LogP contribution < -0.4 is 4.74 Å². The minimum atomic E-state index is 0.943. The Kier molecular flexibility index (Phi) is 6.82. The van der Waals surface area contributed by atoms with Gasteiger partial charge in [-0.3, -0.25) is 9.80 Å². The van der Waals surface area contributed by atoms with Crippen LogP contribution in [0.1, 0.15) is 11.1 Å². The topological polar surface area (TPSA) is 15.7 Å². The van der Waals surface area contributed by atoms with Crippen molar-refractivity contribution < 1.29 is 4.74 Å². The summed E-state index contributed by atoms with van der Waals surface area (Å²) in [7, 11) is 1.74. The van der Waals surface area contributed by atoms with E-state index in [1.165, 1.54) is 16.0 Å². The highest BCUT2D eigenvalue weighted by molar-refractivity contribution is 9.10. The first-order valence-electron chi connectivity index (χ1n) is 8.58. The molecule has 2 aromatic rings. The molecule has 3 rings (SSSR count). The van der Waals surface area contributed by atoms with Crippen LogP contribution in [0, 0.1) is 0 Å². The van der Waals surface area contributed by atoms with Crippen LogP contribution in [-0.2, 0) is 13.1 Å². The maximum atomic E-state index is 5.50. The predicted molar refractivity (Wildman–Crippen MR) is 109 cm³/mol. The lowest BCUT2D eigenvalue weighted by molar-refractivity contribution is 0.121. The zero-order valence-corrected chi connectivity index (χ0v) is 17.3. The number of rotatable bonds is 6. The molecule has 0 unspecified atom stereocenters. The van der Waals surface area contributed by atoms with E-state index in [-0.39, 0.29) is 0 Å². The third-order valence-corrected chi connectivity index (χ3v) is 5.90. The molecule has 1 aliphatic heterocycles. The summed E-state index contributed by atoms with van der Waals surface area (Å²) in [5.74, 6) is 0.972. The quantitative estimate of drug-likeness (QED) is 0.638. The van der Waals surface area contributed by atoms with Crippen molar-refractivity contribution >= 4 is 27.7 Å². The van der Waals surface area contributed by atoms with Crippen molar-refractivity contribution in [3.8, 4) is 5.75 Å². The van der Waals surface area contributed by atoms with E-state index in [0.717, 1.165) is 49.5 Å². The molecule has 1 heterocycles. The Hall–Kier alpha value is -1.01. The average Bonchev–Trinajstić information content (AvgIpc) is 2.64. The summed E-state index contributed by atoms with van der Waals surface area (Å²) < 4.78 is 6.61. The summed E-state index contributed by atoms with van der Waals surface area (Å²) in [5, 5.41) is 0. The molecular weight excluding hydrogens is 396 g/mol. The lowest BCUT2D eigenvalue weighted by Gasteiger charge is -2.35. The first-order chi connectivity index (χ1) is 12.2. The number of thioether (sulfide) groups is 1. The number of piperazine rings is 1. The molecule has 0 atom stereocenters. The van der Waals surface area contributed by atoms with Crippen molar-refractivity contribution in [1.82, 2.24) is 9.80 Å². The number of hydrogen-bond donors (Lipinski definition) is 0. The molecule has 25 heavy (non-hydrogen) atoms. The van der Waals surface area contributed by atoms with E-state index in [1.807, 2.05) is 12.1 Å². The third kappa shape index (κ3) is 5.23. The summed E-state index contributed by atoms with van der Waals surface area (Å²) in [5.41, 5.74) is 2.65. The normalized spacial score (nSPS) is 16.1. The van der Waals surface area contributed by atoms with E-state index in [4.69, 9.17) is 4.74 Å². The van der Waals surface area contributed by atoms with E-state index in [0.29, 0.717) is 0 Å². The highest BCUT2D eigenvalue weighted by atomic mass is 79.9. The first-order valence-corrected chi connectivity index (χ1v) is 10.6. The van der Waals surface area contributed by atoms with Gasteiger partial charge in [-0.1, -0.05) is 28.1 Å². The van der Waals surface area contributed by atoms with Gasteiger partial charge in [-0.15, -0.1) is 11.8 Å². The van der Waals surface area contributed by atoms with Gasteiger partial charge < -0.3 is 4.74 Å². The number of ether oxygens (including phenoxy) is 1. The second kappa shape index (κ2) is 9.08. The highest BCUT2D eigenvalue weighted by Gasteiger charge is 2.18. The van der Waals surface area contributed by atoms with E-state index in [2.05, 4.69) is 62.3 Å². The van der Waals surface area contributed by atoms with Crippen LogP contribution in [0.15, 0.2) is 51.8 Å². The van der Waals surface area contributed by atoms with Gasteiger partial charge in [-0.25, -0.2) is 0 Å². The van der Waals surface area contributed by atoms with Gasteiger partial charge in [-0.05, 0) is 42.2 Å². The van der Waals surface area contributed by atoms with Crippen LogP contribution in [0.25, 0.3) is 0 Å². The molecular formula is C20H25BrN2OS. The largest absolute Gasteiger partial charge is 0.496 e. The highest BCUT2D eigenvalue weighted by Crippen LogP contribution is 2.25. The van der Waals surface area contributed by atoms with Crippen molar-refractivity contribution in [2.24, 2.45) is 0 Å². The van der Waals surface area contributed by atoms with Crippen LogP contribution >= 0.6 is 27.7 Å².